The van der Waals surface area contributed by atoms with Crippen LogP contribution in [0.5, 0.6) is 0 Å². The minimum atomic E-state index is -3.59. The SMILES string of the molecule is Cc1ccc(S(=O)(=O)c2cnc3c(NCC4CCOCC4)cccc3c2)cc1. The molecule has 28 heavy (non-hydrogen) atoms. The molecule has 0 radical (unpaired) electrons. The van der Waals surface area contributed by atoms with Crippen molar-refractivity contribution in [1.29, 1.82) is 0 Å². The van der Waals surface area contributed by atoms with Crippen LogP contribution in [-0.4, -0.2) is 33.2 Å². The fourth-order valence-corrected chi connectivity index (χ4v) is 4.73. The Morgan fingerprint density at radius 3 is 2.57 bits per heavy atom. The molecule has 1 fully saturated rings. The fraction of sp³-hybridized carbons (Fsp3) is 0.318. The lowest BCUT2D eigenvalue weighted by atomic mass is 10.0. The summed E-state index contributed by atoms with van der Waals surface area (Å²) in [6, 6.07) is 14.4. The molecule has 4 rings (SSSR count). The van der Waals surface area contributed by atoms with Crippen LogP contribution in [0.4, 0.5) is 5.69 Å². The molecule has 0 bridgehead atoms. The number of aromatic nitrogens is 1. The smallest absolute Gasteiger partial charge is 0.208 e. The lowest BCUT2D eigenvalue weighted by molar-refractivity contribution is 0.0699. The standard InChI is InChI=1S/C22H24N2O3S/c1-16-5-7-19(8-6-16)28(25,26)20-13-18-3-2-4-21(22(18)24-15-20)23-14-17-9-11-27-12-10-17/h2-8,13,15,17,23H,9-12,14H2,1H3. The van der Waals surface area contributed by atoms with E-state index in [1.54, 1.807) is 30.3 Å². The van der Waals surface area contributed by atoms with Crippen molar-refractivity contribution in [2.75, 3.05) is 25.1 Å². The summed E-state index contributed by atoms with van der Waals surface area (Å²) in [6.07, 6.45) is 3.57. The summed E-state index contributed by atoms with van der Waals surface area (Å²) in [5.74, 6) is 0.588. The Balaban J connectivity index is 1.61. The topological polar surface area (TPSA) is 68.3 Å². The van der Waals surface area contributed by atoms with Gasteiger partial charge in [0.25, 0.3) is 0 Å². The Labute approximate surface area is 165 Å². The summed E-state index contributed by atoms with van der Waals surface area (Å²) in [5.41, 5.74) is 2.75. The van der Waals surface area contributed by atoms with Gasteiger partial charge in [0.05, 0.1) is 21.0 Å². The predicted molar refractivity (Wildman–Crippen MR) is 110 cm³/mol. The van der Waals surface area contributed by atoms with Crippen LogP contribution in [0, 0.1) is 12.8 Å². The van der Waals surface area contributed by atoms with Crippen LogP contribution in [0.3, 0.4) is 0 Å². The maximum Gasteiger partial charge on any atom is 0.208 e. The molecule has 0 aliphatic carbocycles. The molecule has 1 aromatic heterocycles. The molecular weight excluding hydrogens is 372 g/mol. The van der Waals surface area contributed by atoms with Crippen LogP contribution in [-0.2, 0) is 14.6 Å². The maximum atomic E-state index is 12.9. The minimum absolute atomic E-state index is 0.213. The van der Waals surface area contributed by atoms with Gasteiger partial charge in [0.1, 0.15) is 0 Å². The Morgan fingerprint density at radius 1 is 1.07 bits per heavy atom. The molecule has 0 unspecified atom stereocenters. The average molecular weight is 397 g/mol. The Kier molecular flexibility index (Phi) is 5.33. The highest BCUT2D eigenvalue weighted by atomic mass is 32.2. The third-order valence-corrected chi connectivity index (χ3v) is 6.99. The number of aryl methyl sites for hydroxylation is 1. The zero-order valence-corrected chi connectivity index (χ0v) is 16.7. The number of nitrogens with zero attached hydrogens (tertiary/aromatic N) is 1. The van der Waals surface area contributed by atoms with Crippen LogP contribution in [0.15, 0.2) is 64.5 Å². The van der Waals surface area contributed by atoms with Gasteiger partial charge >= 0.3 is 0 Å². The van der Waals surface area contributed by atoms with Gasteiger partial charge in [-0.25, -0.2) is 8.42 Å². The maximum absolute atomic E-state index is 12.9. The first kappa shape index (κ1) is 18.9. The highest BCUT2D eigenvalue weighted by Crippen LogP contribution is 2.27. The number of hydrogen-bond acceptors (Lipinski definition) is 5. The summed E-state index contributed by atoms with van der Waals surface area (Å²) in [4.78, 5) is 4.99. The quantitative estimate of drug-likeness (QED) is 0.699. The molecule has 1 N–H and O–H groups in total. The molecule has 0 saturated carbocycles. The zero-order valence-electron chi connectivity index (χ0n) is 15.9. The van der Waals surface area contributed by atoms with Crippen LogP contribution in [0.1, 0.15) is 18.4 Å². The predicted octanol–water partition coefficient (Wildman–Crippen LogP) is 4.21. The second-order valence-electron chi connectivity index (χ2n) is 7.30. The van der Waals surface area contributed by atoms with E-state index in [0.29, 0.717) is 5.92 Å². The number of rotatable bonds is 5. The van der Waals surface area contributed by atoms with E-state index in [4.69, 9.17) is 4.74 Å². The van der Waals surface area contributed by atoms with E-state index in [0.717, 1.165) is 54.8 Å². The summed E-state index contributed by atoms with van der Waals surface area (Å²) in [7, 11) is -3.59. The third-order valence-electron chi connectivity index (χ3n) is 5.25. The lowest BCUT2D eigenvalue weighted by Crippen LogP contribution is -2.22. The van der Waals surface area contributed by atoms with Crippen LogP contribution in [0.25, 0.3) is 10.9 Å². The van der Waals surface area contributed by atoms with Gasteiger partial charge in [-0.15, -0.1) is 0 Å². The van der Waals surface area contributed by atoms with E-state index in [1.807, 2.05) is 25.1 Å². The first-order valence-corrected chi connectivity index (χ1v) is 11.0. The number of fused-ring (bicyclic) bond motifs is 1. The summed E-state index contributed by atoms with van der Waals surface area (Å²) < 4.78 is 31.3. The number of para-hydroxylation sites is 1. The molecule has 0 amide bonds. The minimum Gasteiger partial charge on any atom is -0.383 e. The number of pyridine rings is 1. The highest BCUT2D eigenvalue weighted by molar-refractivity contribution is 7.91. The summed E-state index contributed by atoms with van der Waals surface area (Å²) in [5, 5.41) is 4.30. The van der Waals surface area contributed by atoms with Gasteiger partial charge in [0, 0.05) is 31.3 Å². The number of nitrogens with one attached hydrogen (secondary N) is 1. The first-order chi connectivity index (χ1) is 13.5. The van der Waals surface area contributed by atoms with Crippen LogP contribution < -0.4 is 5.32 Å². The molecule has 2 aromatic carbocycles. The molecule has 0 atom stereocenters. The number of ether oxygens (including phenoxy) is 1. The number of anilines is 1. The van der Waals surface area contributed by atoms with Crippen molar-refractivity contribution in [2.45, 2.75) is 29.6 Å². The molecule has 1 saturated heterocycles. The van der Waals surface area contributed by atoms with Crippen molar-refractivity contribution >= 4 is 26.4 Å². The van der Waals surface area contributed by atoms with E-state index in [1.165, 1.54) is 6.20 Å². The third kappa shape index (κ3) is 3.88. The molecule has 2 heterocycles. The second kappa shape index (κ2) is 7.89. The van der Waals surface area contributed by atoms with Crippen molar-refractivity contribution in [1.82, 2.24) is 4.98 Å². The van der Waals surface area contributed by atoms with Gasteiger partial charge in [-0.05, 0) is 49.9 Å². The second-order valence-corrected chi connectivity index (χ2v) is 9.25. The first-order valence-electron chi connectivity index (χ1n) is 9.56. The Hall–Kier alpha value is -2.44. The molecule has 1 aliphatic heterocycles. The van der Waals surface area contributed by atoms with Gasteiger partial charge in [-0.3, -0.25) is 4.98 Å². The number of sulfone groups is 1. The van der Waals surface area contributed by atoms with Gasteiger partial charge in [0.15, 0.2) is 0 Å². The van der Waals surface area contributed by atoms with Crippen LogP contribution in [0.2, 0.25) is 0 Å². The molecular formula is C22H24N2O3S. The van der Waals surface area contributed by atoms with E-state index in [9.17, 15) is 8.42 Å². The lowest BCUT2D eigenvalue weighted by Gasteiger charge is -2.23. The molecule has 5 nitrogen and oxygen atoms in total. The van der Waals surface area contributed by atoms with Gasteiger partial charge in [0.2, 0.25) is 9.84 Å². The number of hydrogen-bond donors (Lipinski definition) is 1. The zero-order chi connectivity index (χ0) is 19.6. The molecule has 1 aliphatic rings. The monoisotopic (exact) mass is 396 g/mol. The average Bonchev–Trinajstić information content (AvgIpc) is 2.73. The molecule has 146 valence electrons. The molecule has 0 spiro atoms. The Morgan fingerprint density at radius 2 is 1.82 bits per heavy atom. The van der Waals surface area contributed by atoms with Gasteiger partial charge in [-0.1, -0.05) is 29.8 Å². The van der Waals surface area contributed by atoms with Crippen molar-refractivity contribution in [3.8, 4) is 0 Å². The van der Waals surface area contributed by atoms with E-state index in [-0.39, 0.29) is 9.79 Å². The summed E-state index contributed by atoms with van der Waals surface area (Å²) in [6.45, 7) is 4.44. The normalized spacial score (nSPS) is 15.6. The van der Waals surface area contributed by atoms with Gasteiger partial charge < -0.3 is 10.1 Å². The molecule has 3 aromatic rings. The van der Waals surface area contributed by atoms with Crippen molar-refractivity contribution in [3.63, 3.8) is 0 Å². The summed E-state index contributed by atoms with van der Waals surface area (Å²) >= 11 is 0. The van der Waals surface area contributed by atoms with E-state index < -0.39 is 9.84 Å². The van der Waals surface area contributed by atoms with Crippen LogP contribution >= 0.6 is 0 Å². The van der Waals surface area contributed by atoms with E-state index >= 15 is 0 Å². The molecule has 6 heteroatoms. The van der Waals surface area contributed by atoms with Crippen molar-refractivity contribution in [3.05, 3.63) is 60.3 Å². The highest BCUT2D eigenvalue weighted by Gasteiger charge is 2.19. The number of benzene rings is 2. The van der Waals surface area contributed by atoms with E-state index in [2.05, 4.69) is 10.3 Å². The Bertz CT molecular complexity index is 1070. The van der Waals surface area contributed by atoms with Crippen molar-refractivity contribution < 1.29 is 13.2 Å². The van der Waals surface area contributed by atoms with Crippen molar-refractivity contribution in [2.24, 2.45) is 5.92 Å². The largest absolute Gasteiger partial charge is 0.383 e. The fourth-order valence-electron chi connectivity index (χ4n) is 3.49. The van der Waals surface area contributed by atoms with Gasteiger partial charge in [-0.2, -0.15) is 0 Å².